The maximum Gasteiger partial charge on any atom is 0.335 e. The minimum Gasteiger partial charge on any atom is -0.478 e. The van der Waals surface area contributed by atoms with Gasteiger partial charge in [0.05, 0.1) is 11.3 Å². The van der Waals surface area contributed by atoms with Crippen molar-refractivity contribution in [3.8, 4) is 0 Å². The van der Waals surface area contributed by atoms with Crippen molar-refractivity contribution in [1.29, 1.82) is 0 Å². The molecule has 1 aliphatic carbocycles. The van der Waals surface area contributed by atoms with Gasteiger partial charge in [-0.25, -0.2) is 9.59 Å². The molecule has 3 N–H and O–H groups in total. The third kappa shape index (κ3) is 3.67. The topological polar surface area (TPSA) is 78.4 Å². The van der Waals surface area contributed by atoms with E-state index in [4.69, 9.17) is 5.11 Å². The number of aromatic carboxylic acids is 1. The van der Waals surface area contributed by atoms with E-state index in [9.17, 15) is 9.59 Å². The molecular formula is C13H15BrN2O3S. The molecule has 108 valence electrons. The summed E-state index contributed by atoms with van der Waals surface area (Å²) in [5.74, 6) is -1.00. The van der Waals surface area contributed by atoms with Crippen molar-refractivity contribution >= 4 is 45.4 Å². The number of carboxylic acids is 1. The molecule has 1 saturated carbocycles. The largest absolute Gasteiger partial charge is 0.478 e. The number of hydrogen-bond donors (Lipinski definition) is 3. The van der Waals surface area contributed by atoms with Gasteiger partial charge in [0.15, 0.2) is 0 Å². The van der Waals surface area contributed by atoms with Gasteiger partial charge in [0, 0.05) is 15.8 Å². The summed E-state index contributed by atoms with van der Waals surface area (Å²) in [4.78, 5) is 22.6. The highest BCUT2D eigenvalue weighted by atomic mass is 79.9. The number of carbonyl (C=O) groups excluding carboxylic acids is 1. The standard InChI is InChI=1S/C13H15BrN2O3S/c1-20-13(4-5-13)7-15-12(19)16-10-3-2-8(11(17)18)6-9(10)14/h2-3,6H,4-5,7H2,1H3,(H,17,18)(H2,15,16,19). The van der Waals surface area contributed by atoms with Gasteiger partial charge < -0.3 is 15.7 Å². The molecule has 1 aromatic carbocycles. The van der Waals surface area contributed by atoms with Gasteiger partial charge in [0.25, 0.3) is 0 Å². The zero-order valence-corrected chi connectivity index (χ0v) is 13.3. The molecule has 0 radical (unpaired) electrons. The van der Waals surface area contributed by atoms with Crippen molar-refractivity contribution < 1.29 is 14.7 Å². The van der Waals surface area contributed by atoms with Gasteiger partial charge in [-0.05, 0) is 53.2 Å². The zero-order valence-electron chi connectivity index (χ0n) is 10.9. The average molecular weight is 359 g/mol. The van der Waals surface area contributed by atoms with Crippen LogP contribution in [0.3, 0.4) is 0 Å². The van der Waals surface area contributed by atoms with Gasteiger partial charge in [-0.15, -0.1) is 0 Å². The van der Waals surface area contributed by atoms with E-state index >= 15 is 0 Å². The van der Waals surface area contributed by atoms with Crippen molar-refractivity contribution in [3.63, 3.8) is 0 Å². The molecule has 0 aliphatic heterocycles. The normalized spacial score (nSPS) is 15.5. The predicted octanol–water partition coefficient (Wildman–Crippen LogP) is 3.16. The number of amides is 2. The highest BCUT2D eigenvalue weighted by molar-refractivity contribution is 9.10. The first-order valence-electron chi connectivity index (χ1n) is 6.09. The minimum absolute atomic E-state index is 0.169. The number of rotatable bonds is 5. The van der Waals surface area contributed by atoms with Crippen molar-refractivity contribution in [2.24, 2.45) is 0 Å². The second-order valence-corrected chi connectivity index (χ2v) is 6.82. The van der Waals surface area contributed by atoms with Crippen molar-refractivity contribution in [2.45, 2.75) is 17.6 Å². The van der Waals surface area contributed by atoms with Crippen molar-refractivity contribution in [2.75, 3.05) is 18.1 Å². The number of carbonyl (C=O) groups is 2. The van der Waals surface area contributed by atoms with Gasteiger partial charge >= 0.3 is 12.0 Å². The number of halogens is 1. The Kier molecular flexibility index (Phi) is 4.59. The molecule has 5 nitrogen and oxygen atoms in total. The van der Waals surface area contributed by atoms with Crippen LogP contribution in [0, 0.1) is 0 Å². The van der Waals surface area contributed by atoms with Crippen LogP contribution in [-0.2, 0) is 0 Å². The molecule has 0 atom stereocenters. The lowest BCUT2D eigenvalue weighted by molar-refractivity contribution is 0.0697. The fourth-order valence-corrected chi connectivity index (χ4v) is 2.95. The van der Waals surface area contributed by atoms with Gasteiger partial charge in [0.2, 0.25) is 0 Å². The van der Waals surface area contributed by atoms with Crippen LogP contribution in [0.1, 0.15) is 23.2 Å². The van der Waals surface area contributed by atoms with E-state index in [1.54, 1.807) is 17.8 Å². The Morgan fingerprint density at radius 2 is 2.15 bits per heavy atom. The van der Waals surface area contributed by atoms with Crippen LogP contribution < -0.4 is 10.6 Å². The first-order valence-corrected chi connectivity index (χ1v) is 8.10. The zero-order chi connectivity index (χ0) is 14.8. The molecule has 20 heavy (non-hydrogen) atoms. The van der Waals surface area contributed by atoms with E-state index in [-0.39, 0.29) is 16.3 Å². The van der Waals surface area contributed by atoms with Crippen LogP contribution >= 0.6 is 27.7 Å². The van der Waals surface area contributed by atoms with E-state index in [1.807, 2.05) is 6.26 Å². The Hall–Kier alpha value is -1.21. The summed E-state index contributed by atoms with van der Waals surface area (Å²) in [6.07, 6.45) is 4.31. The molecule has 2 amide bonds. The maximum absolute atomic E-state index is 11.8. The molecule has 0 spiro atoms. The van der Waals surface area contributed by atoms with Crippen LogP contribution in [0.5, 0.6) is 0 Å². The number of carboxylic acid groups (broad SMARTS) is 1. The molecule has 1 aliphatic rings. The molecule has 2 rings (SSSR count). The molecular weight excluding hydrogens is 344 g/mol. The lowest BCUT2D eigenvalue weighted by atomic mass is 10.2. The SMILES string of the molecule is CSC1(CNC(=O)Nc2ccc(C(=O)O)cc2Br)CC1. The summed E-state index contributed by atoms with van der Waals surface area (Å²) >= 11 is 5.03. The Morgan fingerprint density at radius 3 is 2.65 bits per heavy atom. The number of urea groups is 1. The van der Waals surface area contributed by atoms with Crippen LogP contribution in [-0.4, -0.2) is 34.7 Å². The lowest BCUT2D eigenvalue weighted by Gasteiger charge is -2.14. The Labute approximate surface area is 129 Å². The van der Waals surface area contributed by atoms with Crippen LogP contribution in [0.4, 0.5) is 10.5 Å². The fraction of sp³-hybridized carbons (Fsp3) is 0.385. The summed E-state index contributed by atoms with van der Waals surface area (Å²) in [6, 6.07) is 4.19. The maximum atomic E-state index is 11.8. The van der Waals surface area contributed by atoms with Gasteiger partial charge in [-0.3, -0.25) is 0 Å². The minimum atomic E-state index is -1.00. The quantitative estimate of drug-likeness (QED) is 0.755. The fourth-order valence-electron chi connectivity index (χ4n) is 1.75. The van der Waals surface area contributed by atoms with Crippen molar-refractivity contribution in [3.05, 3.63) is 28.2 Å². The molecule has 7 heteroatoms. The average Bonchev–Trinajstić information content (AvgIpc) is 3.19. The summed E-state index contributed by atoms with van der Waals surface area (Å²) in [5.41, 5.74) is 0.712. The predicted molar refractivity (Wildman–Crippen MR) is 83.6 cm³/mol. The van der Waals surface area contributed by atoms with Gasteiger partial charge in [-0.2, -0.15) is 11.8 Å². The van der Waals surface area contributed by atoms with E-state index in [0.29, 0.717) is 16.7 Å². The molecule has 1 fully saturated rings. The number of anilines is 1. The highest BCUT2D eigenvalue weighted by Crippen LogP contribution is 2.46. The monoisotopic (exact) mass is 358 g/mol. The third-order valence-corrected chi connectivity index (χ3v) is 5.35. The molecule has 0 aromatic heterocycles. The van der Waals surface area contributed by atoms with Gasteiger partial charge in [0.1, 0.15) is 0 Å². The van der Waals surface area contributed by atoms with E-state index in [2.05, 4.69) is 26.6 Å². The Balaban J connectivity index is 1.92. The second kappa shape index (κ2) is 6.05. The van der Waals surface area contributed by atoms with Crippen LogP contribution in [0.15, 0.2) is 22.7 Å². The van der Waals surface area contributed by atoms with Crippen LogP contribution in [0.2, 0.25) is 0 Å². The Bertz CT molecular complexity index is 546. The number of hydrogen-bond acceptors (Lipinski definition) is 3. The van der Waals surface area contributed by atoms with Gasteiger partial charge in [-0.1, -0.05) is 0 Å². The number of thioether (sulfide) groups is 1. The summed E-state index contributed by atoms with van der Waals surface area (Å²) < 4.78 is 0.750. The first kappa shape index (κ1) is 15.2. The highest BCUT2D eigenvalue weighted by Gasteiger charge is 2.41. The molecule has 0 bridgehead atoms. The van der Waals surface area contributed by atoms with Crippen LogP contribution in [0.25, 0.3) is 0 Å². The summed E-state index contributed by atoms with van der Waals surface area (Å²) in [5, 5.41) is 14.4. The number of nitrogens with one attached hydrogen (secondary N) is 2. The third-order valence-electron chi connectivity index (χ3n) is 3.28. The molecule has 0 heterocycles. The van der Waals surface area contributed by atoms with Crippen molar-refractivity contribution in [1.82, 2.24) is 5.32 Å². The lowest BCUT2D eigenvalue weighted by Crippen LogP contribution is -2.35. The molecule has 0 unspecified atom stereocenters. The second-order valence-electron chi connectivity index (χ2n) is 4.69. The summed E-state index contributed by atoms with van der Waals surface area (Å²) in [7, 11) is 0. The summed E-state index contributed by atoms with van der Waals surface area (Å²) in [6.45, 7) is 0.644. The smallest absolute Gasteiger partial charge is 0.335 e. The Morgan fingerprint density at radius 1 is 1.45 bits per heavy atom. The van der Waals surface area contributed by atoms with E-state index in [1.165, 1.54) is 12.1 Å². The number of benzene rings is 1. The first-order chi connectivity index (χ1) is 9.46. The van der Waals surface area contributed by atoms with E-state index < -0.39 is 5.97 Å². The molecule has 1 aromatic rings. The molecule has 0 saturated heterocycles. The van der Waals surface area contributed by atoms with E-state index in [0.717, 1.165) is 12.8 Å².